The fourth-order valence-electron chi connectivity index (χ4n) is 1.41. The molecule has 0 aliphatic rings. The van der Waals surface area contributed by atoms with Gasteiger partial charge in [-0.1, -0.05) is 23.7 Å². The lowest BCUT2D eigenvalue weighted by molar-refractivity contribution is 1.02. The highest BCUT2D eigenvalue weighted by atomic mass is 79.9. The van der Waals surface area contributed by atoms with Crippen LogP contribution in [0.1, 0.15) is 10.9 Å². The molecular formula is C12H7Br2ClN2S. The van der Waals surface area contributed by atoms with E-state index in [-0.39, 0.29) is 0 Å². The van der Waals surface area contributed by atoms with Crippen molar-refractivity contribution in [2.75, 3.05) is 5.32 Å². The van der Waals surface area contributed by atoms with Crippen molar-refractivity contribution in [3.8, 4) is 6.07 Å². The molecule has 92 valence electrons. The van der Waals surface area contributed by atoms with Crippen LogP contribution >= 0.6 is 54.8 Å². The maximum absolute atomic E-state index is 9.25. The number of thiophene rings is 1. The second-order valence-electron chi connectivity index (χ2n) is 3.46. The molecule has 0 aliphatic heterocycles. The normalized spacial score (nSPS) is 11.9. The Bertz CT molecular complexity index is 587. The molecule has 1 aromatic heterocycles. The van der Waals surface area contributed by atoms with E-state index in [1.54, 1.807) is 0 Å². The average molecular weight is 407 g/mol. The minimum Gasteiger partial charge on any atom is -0.365 e. The van der Waals surface area contributed by atoms with Gasteiger partial charge in [0, 0.05) is 19.5 Å². The number of anilines is 1. The average Bonchev–Trinajstić information content (AvgIpc) is 2.68. The molecule has 6 heteroatoms. The summed E-state index contributed by atoms with van der Waals surface area (Å²) in [7, 11) is 0. The zero-order chi connectivity index (χ0) is 13.1. The first-order valence-electron chi connectivity index (χ1n) is 4.97. The fourth-order valence-corrected chi connectivity index (χ4v) is 3.54. The summed E-state index contributed by atoms with van der Waals surface area (Å²) in [5.74, 6) is 0. The van der Waals surface area contributed by atoms with Crippen LogP contribution < -0.4 is 5.32 Å². The summed E-state index contributed by atoms with van der Waals surface area (Å²) in [6.07, 6.45) is 0. The third kappa shape index (κ3) is 3.07. The quantitative estimate of drug-likeness (QED) is 0.720. The predicted molar refractivity (Wildman–Crippen MR) is 83.1 cm³/mol. The molecule has 0 saturated carbocycles. The summed E-state index contributed by atoms with van der Waals surface area (Å²) in [5.41, 5.74) is 0.879. The predicted octanol–water partition coefficient (Wildman–Crippen LogP) is 5.60. The summed E-state index contributed by atoms with van der Waals surface area (Å²) >= 11 is 14.2. The van der Waals surface area contributed by atoms with Crippen molar-refractivity contribution in [3.63, 3.8) is 0 Å². The summed E-state index contributed by atoms with van der Waals surface area (Å²) in [6.45, 7) is 0. The summed E-state index contributed by atoms with van der Waals surface area (Å²) in [5, 5.41) is 12.4. The van der Waals surface area contributed by atoms with Gasteiger partial charge in [-0.3, -0.25) is 0 Å². The Morgan fingerprint density at radius 3 is 2.56 bits per heavy atom. The van der Waals surface area contributed by atoms with E-state index in [9.17, 15) is 5.26 Å². The van der Waals surface area contributed by atoms with Crippen molar-refractivity contribution in [1.82, 2.24) is 0 Å². The molecule has 0 amide bonds. The Hall–Kier alpha value is -0.540. The van der Waals surface area contributed by atoms with E-state index in [0.717, 1.165) is 19.5 Å². The monoisotopic (exact) mass is 404 g/mol. The Kier molecular flexibility index (Phi) is 4.68. The van der Waals surface area contributed by atoms with Crippen molar-refractivity contribution in [2.24, 2.45) is 0 Å². The molecule has 1 unspecified atom stereocenters. The molecule has 18 heavy (non-hydrogen) atoms. The van der Waals surface area contributed by atoms with Crippen molar-refractivity contribution in [3.05, 3.63) is 48.5 Å². The van der Waals surface area contributed by atoms with Crippen LogP contribution in [-0.2, 0) is 0 Å². The van der Waals surface area contributed by atoms with E-state index in [0.29, 0.717) is 4.34 Å². The zero-order valence-electron chi connectivity index (χ0n) is 8.95. The van der Waals surface area contributed by atoms with E-state index in [1.165, 1.54) is 11.3 Å². The number of benzene rings is 1. The molecule has 0 aliphatic carbocycles. The van der Waals surface area contributed by atoms with Crippen LogP contribution in [0.15, 0.2) is 39.3 Å². The van der Waals surface area contributed by atoms with E-state index >= 15 is 0 Å². The molecular weight excluding hydrogens is 399 g/mol. The van der Waals surface area contributed by atoms with Crippen molar-refractivity contribution < 1.29 is 0 Å². The molecule has 2 aromatic rings. The first kappa shape index (κ1) is 13.9. The third-order valence-corrected chi connectivity index (χ3v) is 5.48. The molecule has 1 atom stereocenters. The van der Waals surface area contributed by atoms with Crippen LogP contribution in [0.2, 0.25) is 4.34 Å². The van der Waals surface area contributed by atoms with Gasteiger partial charge in [0.25, 0.3) is 0 Å². The topological polar surface area (TPSA) is 35.8 Å². The number of rotatable bonds is 3. The lowest BCUT2D eigenvalue weighted by Gasteiger charge is -2.12. The van der Waals surface area contributed by atoms with Crippen molar-refractivity contribution >= 4 is 60.5 Å². The zero-order valence-corrected chi connectivity index (χ0v) is 13.7. The Morgan fingerprint density at radius 2 is 2.00 bits per heavy atom. The van der Waals surface area contributed by atoms with Crippen LogP contribution in [0.5, 0.6) is 0 Å². The van der Waals surface area contributed by atoms with Crippen LogP contribution in [0.25, 0.3) is 0 Å². The van der Waals surface area contributed by atoms with Crippen molar-refractivity contribution in [1.29, 1.82) is 5.26 Å². The molecule has 2 rings (SSSR count). The van der Waals surface area contributed by atoms with E-state index in [1.807, 2.05) is 30.3 Å². The highest BCUT2D eigenvalue weighted by Gasteiger charge is 2.16. The highest BCUT2D eigenvalue weighted by Crippen LogP contribution is 2.36. The van der Waals surface area contributed by atoms with Gasteiger partial charge >= 0.3 is 0 Å². The smallest absolute Gasteiger partial charge is 0.149 e. The molecule has 1 aromatic carbocycles. The number of nitriles is 1. The highest BCUT2D eigenvalue weighted by molar-refractivity contribution is 9.11. The second-order valence-corrected chi connectivity index (χ2v) is 6.85. The minimum absolute atomic E-state index is 0.419. The lowest BCUT2D eigenvalue weighted by atomic mass is 10.2. The molecule has 0 fully saturated rings. The number of hydrogen-bond donors (Lipinski definition) is 1. The van der Waals surface area contributed by atoms with Crippen molar-refractivity contribution in [2.45, 2.75) is 6.04 Å². The number of para-hydroxylation sites is 1. The number of halogens is 3. The standard InChI is InChI=1S/C12H7Br2ClN2S/c13-7-3-1-2-4-9(7)17-10(6-16)11-5-8(14)12(15)18-11/h1-5,10,17H. The van der Waals surface area contributed by atoms with Gasteiger partial charge in [0.1, 0.15) is 10.4 Å². The first-order chi connectivity index (χ1) is 8.61. The molecule has 0 bridgehead atoms. The lowest BCUT2D eigenvalue weighted by Crippen LogP contribution is -2.07. The summed E-state index contributed by atoms with van der Waals surface area (Å²) < 4.78 is 2.39. The maximum Gasteiger partial charge on any atom is 0.149 e. The number of nitrogens with one attached hydrogen (secondary N) is 1. The molecule has 0 radical (unpaired) electrons. The first-order valence-corrected chi connectivity index (χ1v) is 7.75. The summed E-state index contributed by atoms with van der Waals surface area (Å²) in [6, 6.07) is 11.4. The number of hydrogen-bond acceptors (Lipinski definition) is 3. The van der Waals surface area contributed by atoms with Gasteiger partial charge in [-0.25, -0.2) is 0 Å². The van der Waals surface area contributed by atoms with Gasteiger partial charge in [0.05, 0.1) is 6.07 Å². The molecule has 1 heterocycles. The van der Waals surface area contributed by atoms with Gasteiger partial charge in [0.2, 0.25) is 0 Å². The minimum atomic E-state index is -0.419. The molecule has 0 saturated heterocycles. The van der Waals surface area contributed by atoms with Gasteiger partial charge in [-0.2, -0.15) is 5.26 Å². The van der Waals surface area contributed by atoms with Gasteiger partial charge < -0.3 is 5.32 Å². The van der Waals surface area contributed by atoms with Crippen LogP contribution in [0.4, 0.5) is 5.69 Å². The van der Waals surface area contributed by atoms with Gasteiger partial charge in [-0.05, 0) is 50.1 Å². The van der Waals surface area contributed by atoms with E-state index in [4.69, 9.17) is 11.6 Å². The van der Waals surface area contributed by atoms with Crippen LogP contribution in [0, 0.1) is 11.3 Å². The van der Waals surface area contributed by atoms with Gasteiger partial charge in [-0.15, -0.1) is 11.3 Å². The molecule has 0 spiro atoms. The molecule has 1 N–H and O–H groups in total. The maximum atomic E-state index is 9.25. The Balaban J connectivity index is 2.26. The van der Waals surface area contributed by atoms with Gasteiger partial charge in [0.15, 0.2) is 0 Å². The van der Waals surface area contributed by atoms with Crippen LogP contribution in [0.3, 0.4) is 0 Å². The number of nitrogens with zero attached hydrogens (tertiary/aromatic N) is 1. The third-order valence-electron chi connectivity index (χ3n) is 2.25. The molecule has 2 nitrogen and oxygen atoms in total. The Morgan fingerprint density at radius 1 is 1.28 bits per heavy atom. The Labute approximate surface area is 131 Å². The second kappa shape index (κ2) is 6.07. The van der Waals surface area contributed by atoms with E-state index < -0.39 is 6.04 Å². The summed E-state index contributed by atoms with van der Waals surface area (Å²) in [4.78, 5) is 0.880. The largest absolute Gasteiger partial charge is 0.365 e. The van der Waals surface area contributed by atoms with E-state index in [2.05, 4.69) is 43.2 Å². The fraction of sp³-hybridized carbons (Fsp3) is 0.0833. The SMILES string of the molecule is N#CC(Nc1ccccc1Br)c1cc(Br)c(Cl)s1. The van der Waals surface area contributed by atoms with Crippen LogP contribution in [-0.4, -0.2) is 0 Å².